The standard InChI is InChI=1S/C63H110O12/c1-4-7-10-13-16-19-22-24-26-28-30-32-35-37-40-43-46-49-55(64)71-52-54(73-56(65)50-47-44-41-38-34-21-18-15-12-9-6-3)53-72-63-61(59(68)58(67)60(75-63)62(69)70)74-57(66)51-48-45-42-39-36-33-31-29-27-25-23-20-17-14-11-8-5-2/h8,11,17,20,24-27,54,58-61,63,67-68H,4-7,9-10,12-16,18-19,21-23,28-53H2,1-3H3,(H,69,70)/b11-8-,20-17-,26-24-,27-25-. The first-order chi connectivity index (χ1) is 36.6. The molecule has 6 unspecified atom stereocenters. The molecule has 1 aliphatic heterocycles. The van der Waals surface area contributed by atoms with Gasteiger partial charge in [-0.1, -0.05) is 230 Å². The predicted molar refractivity (Wildman–Crippen MR) is 303 cm³/mol. The zero-order valence-electron chi connectivity index (χ0n) is 47.8. The molecule has 0 saturated carbocycles. The van der Waals surface area contributed by atoms with Crippen LogP contribution in [0, 0.1) is 0 Å². The molecule has 1 aliphatic rings. The third kappa shape index (κ3) is 41.5. The lowest BCUT2D eigenvalue weighted by Crippen LogP contribution is -2.61. The van der Waals surface area contributed by atoms with E-state index in [-0.39, 0.29) is 25.9 Å². The lowest BCUT2D eigenvalue weighted by Gasteiger charge is -2.40. The van der Waals surface area contributed by atoms with Crippen LogP contribution in [-0.2, 0) is 42.9 Å². The molecule has 12 heteroatoms. The number of unbranched alkanes of at least 4 members (excludes halogenated alkanes) is 30. The highest BCUT2D eigenvalue weighted by Gasteiger charge is 2.50. The number of carboxylic acid groups (broad SMARTS) is 1. The van der Waals surface area contributed by atoms with Crippen molar-refractivity contribution in [3.05, 3.63) is 48.6 Å². The Bertz CT molecular complexity index is 1490. The molecule has 0 bridgehead atoms. The fourth-order valence-corrected chi connectivity index (χ4v) is 9.20. The summed E-state index contributed by atoms with van der Waals surface area (Å²) < 4.78 is 28.4. The molecule has 6 atom stereocenters. The van der Waals surface area contributed by atoms with Crippen LogP contribution in [0.25, 0.3) is 0 Å². The van der Waals surface area contributed by atoms with E-state index in [1.165, 1.54) is 109 Å². The van der Waals surface area contributed by atoms with Crippen LogP contribution < -0.4 is 0 Å². The van der Waals surface area contributed by atoms with Gasteiger partial charge in [-0.3, -0.25) is 14.4 Å². The largest absolute Gasteiger partial charge is 0.479 e. The number of aliphatic carboxylic acids is 1. The number of ether oxygens (including phenoxy) is 5. The highest BCUT2D eigenvalue weighted by Crippen LogP contribution is 2.26. The number of carbonyl (C=O) groups is 4. The SMILES string of the molecule is CC/C=C\C/C=C\C/C=C\CCCCCCCCCC(=O)OC1C(OCC(COC(=O)CCCCCCCCC/C=C\CCCCCCCC)OC(=O)CCCCCCCCCCCCC)OC(C(=O)O)C(O)C1O. The first-order valence-electron chi connectivity index (χ1n) is 30.6. The fraction of sp³-hybridized carbons (Fsp3) is 0.810. The van der Waals surface area contributed by atoms with Crippen molar-refractivity contribution in [1.29, 1.82) is 0 Å². The molecule has 0 amide bonds. The van der Waals surface area contributed by atoms with Crippen molar-refractivity contribution in [2.24, 2.45) is 0 Å². The van der Waals surface area contributed by atoms with Gasteiger partial charge in [-0.2, -0.15) is 0 Å². The van der Waals surface area contributed by atoms with Crippen molar-refractivity contribution in [1.82, 2.24) is 0 Å². The summed E-state index contributed by atoms with van der Waals surface area (Å²) in [5.41, 5.74) is 0. The van der Waals surface area contributed by atoms with Gasteiger partial charge in [0, 0.05) is 19.3 Å². The van der Waals surface area contributed by atoms with Crippen LogP contribution in [0.1, 0.15) is 278 Å². The lowest BCUT2D eigenvalue weighted by molar-refractivity contribution is -0.301. The highest BCUT2D eigenvalue weighted by molar-refractivity contribution is 5.74. The summed E-state index contributed by atoms with van der Waals surface area (Å²) in [6.45, 7) is 5.88. The molecule has 3 N–H and O–H groups in total. The molecule has 12 nitrogen and oxygen atoms in total. The normalized spacial score (nSPS) is 18.4. The first-order valence-corrected chi connectivity index (χ1v) is 30.6. The van der Waals surface area contributed by atoms with Gasteiger partial charge >= 0.3 is 23.9 Å². The number of hydrogen-bond acceptors (Lipinski definition) is 11. The molecule has 0 spiro atoms. The monoisotopic (exact) mass is 1060 g/mol. The Morgan fingerprint density at radius 3 is 1.29 bits per heavy atom. The molecule has 0 radical (unpaired) electrons. The van der Waals surface area contributed by atoms with Gasteiger partial charge in [-0.25, -0.2) is 4.79 Å². The van der Waals surface area contributed by atoms with E-state index in [1.807, 2.05) is 0 Å². The number of aliphatic hydroxyl groups is 2. The minimum Gasteiger partial charge on any atom is -0.479 e. The van der Waals surface area contributed by atoms with E-state index >= 15 is 0 Å². The van der Waals surface area contributed by atoms with Crippen LogP contribution in [0.3, 0.4) is 0 Å². The van der Waals surface area contributed by atoms with E-state index in [0.717, 1.165) is 109 Å². The second kappa shape index (κ2) is 51.4. The number of aliphatic hydroxyl groups excluding tert-OH is 2. The van der Waals surface area contributed by atoms with Gasteiger partial charge in [0.05, 0.1) is 6.61 Å². The smallest absolute Gasteiger partial charge is 0.335 e. The zero-order chi connectivity index (χ0) is 54.7. The number of esters is 3. The van der Waals surface area contributed by atoms with Crippen LogP contribution in [0.5, 0.6) is 0 Å². The van der Waals surface area contributed by atoms with Gasteiger partial charge < -0.3 is 39.0 Å². The topological polar surface area (TPSA) is 175 Å². The number of carbonyl (C=O) groups excluding carboxylic acids is 3. The van der Waals surface area contributed by atoms with Crippen molar-refractivity contribution in [2.45, 2.75) is 314 Å². The lowest BCUT2D eigenvalue weighted by atomic mass is 9.98. The van der Waals surface area contributed by atoms with Gasteiger partial charge in [0.15, 0.2) is 24.6 Å². The Morgan fingerprint density at radius 2 is 0.840 bits per heavy atom. The summed E-state index contributed by atoms with van der Waals surface area (Å²) in [4.78, 5) is 51.1. The van der Waals surface area contributed by atoms with E-state index in [0.29, 0.717) is 19.3 Å². The van der Waals surface area contributed by atoms with E-state index < -0.39 is 67.3 Å². The Hall–Kier alpha value is -3.32. The second-order valence-corrected chi connectivity index (χ2v) is 21.0. The van der Waals surface area contributed by atoms with Gasteiger partial charge in [-0.15, -0.1) is 0 Å². The third-order valence-corrected chi connectivity index (χ3v) is 13.9. The number of allylic oxidation sites excluding steroid dienone is 8. The summed E-state index contributed by atoms with van der Waals surface area (Å²) in [6.07, 6.45) is 49.3. The maximum absolute atomic E-state index is 13.1. The summed E-state index contributed by atoms with van der Waals surface area (Å²) in [7, 11) is 0. The molecular weight excluding hydrogens is 949 g/mol. The van der Waals surface area contributed by atoms with Crippen molar-refractivity contribution in [3.8, 4) is 0 Å². The van der Waals surface area contributed by atoms with Gasteiger partial charge in [0.25, 0.3) is 0 Å². The van der Waals surface area contributed by atoms with E-state index in [9.17, 15) is 34.5 Å². The molecule has 0 aliphatic carbocycles. The molecule has 75 heavy (non-hydrogen) atoms. The Labute approximate surface area is 456 Å². The summed E-state index contributed by atoms with van der Waals surface area (Å²) in [5, 5.41) is 31.5. The van der Waals surface area contributed by atoms with Crippen molar-refractivity contribution >= 4 is 23.9 Å². The fourth-order valence-electron chi connectivity index (χ4n) is 9.20. The average Bonchev–Trinajstić information content (AvgIpc) is 3.39. The molecule has 0 aromatic rings. The van der Waals surface area contributed by atoms with Crippen molar-refractivity contribution in [2.75, 3.05) is 13.2 Å². The number of carboxylic acids is 1. The van der Waals surface area contributed by atoms with Crippen molar-refractivity contribution < 1.29 is 58.2 Å². The first kappa shape index (κ1) is 69.7. The number of hydrogen-bond donors (Lipinski definition) is 3. The summed E-state index contributed by atoms with van der Waals surface area (Å²) in [5.74, 6) is -3.12. The Kier molecular flexibility index (Phi) is 47.8. The molecule has 1 fully saturated rings. The Balaban J connectivity index is 2.65. The minimum absolute atomic E-state index is 0.0506. The van der Waals surface area contributed by atoms with E-state index in [4.69, 9.17) is 23.7 Å². The molecule has 0 aromatic carbocycles. The quantitative estimate of drug-likeness (QED) is 0.0228. The maximum atomic E-state index is 13.1. The molecule has 1 heterocycles. The summed E-state index contributed by atoms with van der Waals surface area (Å²) in [6, 6.07) is 0. The molecule has 0 aromatic heterocycles. The second-order valence-electron chi connectivity index (χ2n) is 21.0. The van der Waals surface area contributed by atoms with Gasteiger partial charge in [-0.05, 0) is 77.0 Å². The van der Waals surface area contributed by atoms with Crippen molar-refractivity contribution in [3.63, 3.8) is 0 Å². The van der Waals surface area contributed by atoms with Crippen LogP contribution in [0.15, 0.2) is 48.6 Å². The van der Waals surface area contributed by atoms with Crippen LogP contribution in [0.2, 0.25) is 0 Å². The van der Waals surface area contributed by atoms with Gasteiger partial charge in [0.1, 0.15) is 18.8 Å². The van der Waals surface area contributed by atoms with Gasteiger partial charge in [0.2, 0.25) is 0 Å². The number of rotatable bonds is 52. The molecule has 1 saturated heterocycles. The highest BCUT2D eigenvalue weighted by atomic mass is 16.7. The van der Waals surface area contributed by atoms with E-state index in [1.54, 1.807) is 0 Å². The third-order valence-electron chi connectivity index (χ3n) is 13.9. The zero-order valence-corrected chi connectivity index (χ0v) is 47.8. The minimum atomic E-state index is -1.90. The summed E-state index contributed by atoms with van der Waals surface area (Å²) >= 11 is 0. The van der Waals surface area contributed by atoms with Crippen LogP contribution >= 0.6 is 0 Å². The maximum Gasteiger partial charge on any atom is 0.335 e. The Morgan fingerprint density at radius 1 is 0.453 bits per heavy atom. The average molecular weight is 1060 g/mol. The molecule has 434 valence electrons. The predicted octanol–water partition coefficient (Wildman–Crippen LogP) is 15.8. The van der Waals surface area contributed by atoms with E-state index in [2.05, 4.69) is 69.4 Å². The van der Waals surface area contributed by atoms with Crippen LogP contribution in [0.4, 0.5) is 0 Å². The molecular formula is C63H110O12. The van der Waals surface area contributed by atoms with Crippen LogP contribution in [-0.4, -0.2) is 89.2 Å². The molecule has 1 rings (SSSR count).